The minimum atomic E-state index is -0.703. The van der Waals surface area contributed by atoms with Crippen molar-refractivity contribution in [2.45, 2.75) is 19.8 Å². The molecule has 0 saturated heterocycles. The Hall–Kier alpha value is -2.40. The van der Waals surface area contributed by atoms with E-state index < -0.39 is 11.9 Å². The second kappa shape index (κ2) is 11.0. The number of ether oxygens (including phenoxy) is 3. The number of carbonyl (C=O) groups excluding carboxylic acids is 2. The van der Waals surface area contributed by atoms with Crippen LogP contribution in [0.15, 0.2) is 46.9 Å². The zero-order chi connectivity index (χ0) is 23.3. The van der Waals surface area contributed by atoms with Crippen LogP contribution >= 0.6 is 38.5 Å². The smallest absolute Gasteiger partial charge is 0.357 e. The van der Waals surface area contributed by atoms with E-state index in [0.29, 0.717) is 23.6 Å². The van der Waals surface area contributed by atoms with Crippen molar-refractivity contribution >= 4 is 50.5 Å². The fourth-order valence-electron chi connectivity index (χ4n) is 3.14. The number of hydrogen-bond donors (Lipinski definition) is 0. The molecule has 1 heterocycles. The molecule has 0 radical (unpaired) electrons. The quantitative estimate of drug-likeness (QED) is 0.186. The van der Waals surface area contributed by atoms with Gasteiger partial charge in [-0.05, 0) is 53.3 Å². The Morgan fingerprint density at radius 3 is 2.41 bits per heavy atom. The summed E-state index contributed by atoms with van der Waals surface area (Å²) in [5, 5.41) is 4.67. The van der Waals surface area contributed by atoms with E-state index in [2.05, 4.69) is 50.5 Å². The van der Waals surface area contributed by atoms with Crippen LogP contribution in [0.3, 0.4) is 0 Å². The minimum absolute atomic E-state index is 0.0115. The van der Waals surface area contributed by atoms with Crippen molar-refractivity contribution in [1.29, 1.82) is 0 Å². The molecule has 1 aromatic heterocycles. The number of carbonyl (C=O) groups is 2. The number of rotatable bonds is 8. The van der Waals surface area contributed by atoms with Crippen molar-refractivity contribution in [3.63, 3.8) is 0 Å². The van der Waals surface area contributed by atoms with Crippen LogP contribution in [0, 0.1) is 3.57 Å². The first-order chi connectivity index (χ1) is 15.4. The highest BCUT2D eigenvalue weighted by atomic mass is 127. The van der Waals surface area contributed by atoms with Gasteiger partial charge < -0.3 is 14.2 Å². The molecule has 0 aliphatic carbocycles. The zero-order valence-electron chi connectivity index (χ0n) is 17.9. The van der Waals surface area contributed by atoms with Gasteiger partial charge in [0.15, 0.2) is 5.69 Å². The maximum Gasteiger partial charge on any atom is 0.357 e. The molecule has 0 atom stereocenters. The molecule has 3 rings (SSSR count). The van der Waals surface area contributed by atoms with Crippen molar-refractivity contribution in [2.75, 3.05) is 20.8 Å². The van der Waals surface area contributed by atoms with Crippen molar-refractivity contribution < 1.29 is 23.8 Å². The van der Waals surface area contributed by atoms with Gasteiger partial charge in [-0.15, -0.1) is 0 Å². The molecule has 7 nitrogen and oxygen atoms in total. The number of para-hydroxylation sites is 1. The lowest BCUT2D eigenvalue weighted by atomic mass is 10.0. The van der Waals surface area contributed by atoms with Gasteiger partial charge in [-0.1, -0.05) is 47.5 Å². The normalized spacial score (nSPS) is 10.7. The fourth-order valence-corrected chi connectivity index (χ4v) is 4.81. The van der Waals surface area contributed by atoms with Gasteiger partial charge in [0.25, 0.3) is 0 Å². The molecule has 0 aliphatic rings. The lowest BCUT2D eigenvalue weighted by Gasteiger charge is -2.14. The molecule has 0 amide bonds. The Labute approximate surface area is 208 Å². The molecule has 168 valence electrons. The van der Waals surface area contributed by atoms with Gasteiger partial charge in [0.2, 0.25) is 0 Å². The van der Waals surface area contributed by atoms with E-state index in [-0.39, 0.29) is 17.0 Å². The first-order valence-corrected chi connectivity index (χ1v) is 11.8. The predicted molar refractivity (Wildman–Crippen MR) is 132 cm³/mol. The highest BCUT2D eigenvalue weighted by molar-refractivity contribution is 14.1. The lowest BCUT2D eigenvalue weighted by Crippen LogP contribution is -2.15. The summed E-state index contributed by atoms with van der Waals surface area (Å²) >= 11 is 5.69. The van der Waals surface area contributed by atoms with Crippen LogP contribution in [0.5, 0.6) is 5.75 Å². The summed E-state index contributed by atoms with van der Waals surface area (Å²) in [6, 6.07) is 12.8. The van der Waals surface area contributed by atoms with Crippen LogP contribution < -0.4 is 4.74 Å². The van der Waals surface area contributed by atoms with Gasteiger partial charge >= 0.3 is 11.9 Å². The van der Waals surface area contributed by atoms with Gasteiger partial charge in [-0.3, -0.25) is 0 Å². The largest absolute Gasteiger partial charge is 0.492 e. The van der Waals surface area contributed by atoms with Gasteiger partial charge in [-0.2, -0.15) is 5.10 Å². The minimum Gasteiger partial charge on any atom is -0.492 e. The number of unbranched alkanes of at least 4 members (excludes halogenated alkanes) is 1. The summed E-state index contributed by atoms with van der Waals surface area (Å²) in [6.45, 7) is 2.59. The van der Waals surface area contributed by atoms with Gasteiger partial charge in [-0.25, -0.2) is 14.3 Å². The maximum absolute atomic E-state index is 12.9. The fraction of sp³-hybridized carbons (Fsp3) is 0.261. The first-order valence-electron chi connectivity index (χ1n) is 9.90. The van der Waals surface area contributed by atoms with Crippen LogP contribution in [-0.2, 0) is 9.47 Å². The molecule has 3 aromatic rings. The molecule has 0 unspecified atom stereocenters. The van der Waals surface area contributed by atoms with Crippen LogP contribution in [0.1, 0.15) is 40.6 Å². The highest BCUT2D eigenvalue weighted by Gasteiger charge is 2.33. The molecular formula is C23H22BrIN2O5. The Morgan fingerprint density at radius 1 is 1.09 bits per heavy atom. The summed E-state index contributed by atoms with van der Waals surface area (Å²) in [5.74, 6) is -0.815. The molecule has 0 saturated carbocycles. The van der Waals surface area contributed by atoms with Crippen LogP contribution in [-0.4, -0.2) is 42.5 Å². The van der Waals surface area contributed by atoms with Crippen molar-refractivity contribution in [3.8, 4) is 22.7 Å². The van der Waals surface area contributed by atoms with Crippen molar-refractivity contribution in [1.82, 2.24) is 9.78 Å². The number of methoxy groups -OCH3 is 2. The maximum atomic E-state index is 12.9. The van der Waals surface area contributed by atoms with Crippen molar-refractivity contribution in [2.24, 2.45) is 0 Å². The molecule has 0 bridgehead atoms. The molecule has 9 heteroatoms. The summed E-state index contributed by atoms with van der Waals surface area (Å²) in [6.07, 6.45) is 1.85. The van der Waals surface area contributed by atoms with E-state index in [1.165, 1.54) is 18.9 Å². The van der Waals surface area contributed by atoms with E-state index in [0.717, 1.165) is 20.9 Å². The summed E-state index contributed by atoms with van der Waals surface area (Å²) in [7, 11) is 2.52. The molecule has 0 N–H and O–H groups in total. The Morgan fingerprint density at radius 2 is 1.78 bits per heavy atom. The molecule has 0 fully saturated rings. The molecular weight excluding hydrogens is 591 g/mol. The lowest BCUT2D eigenvalue weighted by molar-refractivity contribution is 0.0549. The molecule has 2 aromatic carbocycles. The second-order valence-electron chi connectivity index (χ2n) is 6.77. The number of benzene rings is 2. The van der Waals surface area contributed by atoms with E-state index in [1.807, 2.05) is 30.3 Å². The SMILES string of the molecule is CCCCOc1c(I)cc(Br)cc1-c1nn(-c2ccccc2)c(C(=O)OC)c1C(=O)OC. The van der Waals surface area contributed by atoms with Gasteiger partial charge in [0.1, 0.15) is 17.0 Å². The molecule has 0 aliphatic heterocycles. The van der Waals surface area contributed by atoms with Gasteiger partial charge in [0, 0.05) is 10.0 Å². The van der Waals surface area contributed by atoms with E-state index in [1.54, 1.807) is 12.1 Å². The average Bonchev–Trinajstić information content (AvgIpc) is 3.20. The van der Waals surface area contributed by atoms with Gasteiger partial charge in [0.05, 0.1) is 30.1 Å². The Balaban J connectivity index is 2.35. The number of nitrogens with zero attached hydrogens (tertiary/aromatic N) is 2. The summed E-state index contributed by atoms with van der Waals surface area (Å²) in [5.41, 5.74) is 1.43. The van der Waals surface area contributed by atoms with E-state index >= 15 is 0 Å². The number of esters is 2. The number of aromatic nitrogens is 2. The third kappa shape index (κ3) is 4.98. The van der Waals surface area contributed by atoms with Crippen LogP contribution in [0.2, 0.25) is 0 Å². The van der Waals surface area contributed by atoms with E-state index in [4.69, 9.17) is 14.2 Å². The summed E-state index contributed by atoms with van der Waals surface area (Å²) in [4.78, 5) is 25.7. The number of hydrogen-bond acceptors (Lipinski definition) is 6. The number of halogens is 2. The summed E-state index contributed by atoms with van der Waals surface area (Å²) < 4.78 is 19.1. The van der Waals surface area contributed by atoms with Crippen LogP contribution in [0.25, 0.3) is 16.9 Å². The topological polar surface area (TPSA) is 79.7 Å². The second-order valence-corrected chi connectivity index (χ2v) is 8.85. The Bertz CT molecular complexity index is 1130. The zero-order valence-corrected chi connectivity index (χ0v) is 21.6. The van der Waals surface area contributed by atoms with Crippen molar-refractivity contribution in [3.05, 3.63) is 61.8 Å². The standard InChI is InChI=1S/C23H22BrIN2O5/c1-4-5-11-32-21-16(12-14(24)13-17(21)25)19-18(22(28)30-2)20(23(29)31-3)27(26-19)15-9-7-6-8-10-15/h6-10,12-13H,4-5,11H2,1-3H3. The van der Waals surface area contributed by atoms with Crippen LogP contribution in [0.4, 0.5) is 0 Å². The predicted octanol–water partition coefficient (Wildman–Crippen LogP) is 5.66. The van der Waals surface area contributed by atoms with E-state index in [9.17, 15) is 9.59 Å². The highest BCUT2D eigenvalue weighted by Crippen LogP contribution is 2.40. The Kier molecular flexibility index (Phi) is 8.30. The molecule has 0 spiro atoms. The first kappa shape index (κ1) is 24.2. The third-order valence-electron chi connectivity index (χ3n) is 4.66. The molecule has 32 heavy (non-hydrogen) atoms. The average molecular weight is 613 g/mol. The third-order valence-corrected chi connectivity index (χ3v) is 5.92. The monoisotopic (exact) mass is 612 g/mol.